The first kappa shape index (κ1) is 15.0. The average molecular weight is 305 g/mol. The van der Waals surface area contributed by atoms with Gasteiger partial charge < -0.3 is 10.1 Å². The number of amides is 1. The molecular formula is C14H15N3O3S. The minimum absolute atomic E-state index is 0.269. The monoisotopic (exact) mass is 305 g/mol. The van der Waals surface area contributed by atoms with Gasteiger partial charge in [-0.3, -0.25) is 19.1 Å². The van der Waals surface area contributed by atoms with Crippen LogP contribution in [0.2, 0.25) is 0 Å². The molecule has 0 spiro atoms. The normalized spacial score (nSPS) is 11.3. The fourth-order valence-electron chi connectivity index (χ4n) is 1.67. The molecule has 2 aromatic rings. The van der Waals surface area contributed by atoms with Gasteiger partial charge in [0.25, 0.3) is 11.5 Å². The van der Waals surface area contributed by atoms with Gasteiger partial charge in [0.05, 0.1) is 7.11 Å². The van der Waals surface area contributed by atoms with Gasteiger partial charge in [0.2, 0.25) is 0 Å². The molecule has 1 amide bonds. The lowest BCUT2D eigenvalue weighted by atomic mass is 10.3. The van der Waals surface area contributed by atoms with E-state index >= 15 is 0 Å². The molecule has 0 atom stereocenters. The maximum atomic E-state index is 12.2. The van der Waals surface area contributed by atoms with E-state index in [2.05, 4.69) is 10.3 Å². The highest BCUT2D eigenvalue weighted by atomic mass is 32.1. The first-order chi connectivity index (χ1) is 10.0. The minimum Gasteiger partial charge on any atom is -0.497 e. The zero-order chi connectivity index (χ0) is 15.4. The fraction of sp³-hybridized carbons (Fsp3) is 0.214. The summed E-state index contributed by atoms with van der Waals surface area (Å²) >= 11 is 1.16. The van der Waals surface area contributed by atoms with Crippen LogP contribution in [0.5, 0.6) is 5.75 Å². The second-order valence-electron chi connectivity index (χ2n) is 4.20. The van der Waals surface area contributed by atoms with E-state index in [9.17, 15) is 9.59 Å². The number of methoxy groups -OCH3 is 1. The van der Waals surface area contributed by atoms with Crippen LogP contribution in [0.1, 0.15) is 9.67 Å². The maximum Gasteiger partial charge on any atom is 0.266 e. The highest BCUT2D eigenvalue weighted by Crippen LogP contribution is 2.16. The quantitative estimate of drug-likeness (QED) is 0.927. The highest BCUT2D eigenvalue weighted by Gasteiger charge is 2.10. The predicted octanol–water partition coefficient (Wildman–Crippen LogP) is 1.24. The van der Waals surface area contributed by atoms with Gasteiger partial charge >= 0.3 is 0 Å². The molecule has 0 aliphatic heterocycles. The zero-order valence-corrected chi connectivity index (χ0v) is 12.7. The van der Waals surface area contributed by atoms with E-state index in [1.54, 1.807) is 45.5 Å². The van der Waals surface area contributed by atoms with Gasteiger partial charge in [-0.15, -0.1) is 0 Å². The number of aromatic nitrogens is 1. The smallest absolute Gasteiger partial charge is 0.266 e. The van der Waals surface area contributed by atoms with Crippen molar-refractivity contribution in [1.29, 1.82) is 0 Å². The molecule has 0 fully saturated rings. The number of anilines is 1. The Hall–Kier alpha value is -2.41. The van der Waals surface area contributed by atoms with Crippen LogP contribution in [0, 0.1) is 0 Å². The second kappa shape index (κ2) is 6.36. The summed E-state index contributed by atoms with van der Waals surface area (Å²) < 4.78 is 6.45. The van der Waals surface area contributed by atoms with Crippen molar-refractivity contribution in [2.45, 2.75) is 0 Å². The number of carbonyl (C=O) groups excluding carboxylic acids is 1. The van der Waals surface area contributed by atoms with Gasteiger partial charge in [-0.1, -0.05) is 11.3 Å². The standard InChI is InChI=1S/C14H15N3O3S/c1-15-14-17(2)12(18)8-11(21-14)13(19)16-9-4-6-10(20-3)7-5-9/h4-8H,1-3H3,(H,16,19). The molecule has 2 rings (SSSR count). The number of carbonyl (C=O) groups is 1. The van der Waals surface area contributed by atoms with Crippen LogP contribution in [-0.2, 0) is 7.05 Å². The van der Waals surface area contributed by atoms with Crippen molar-refractivity contribution in [1.82, 2.24) is 4.57 Å². The molecular weight excluding hydrogens is 290 g/mol. The van der Waals surface area contributed by atoms with Crippen molar-refractivity contribution >= 4 is 22.9 Å². The number of hydrogen-bond donors (Lipinski definition) is 1. The molecule has 0 bridgehead atoms. The lowest BCUT2D eigenvalue weighted by Gasteiger charge is -2.06. The van der Waals surface area contributed by atoms with Crippen molar-refractivity contribution in [3.63, 3.8) is 0 Å². The summed E-state index contributed by atoms with van der Waals surface area (Å²) in [4.78, 5) is 28.7. The number of benzene rings is 1. The van der Waals surface area contributed by atoms with Crippen molar-refractivity contribution in [2.24, 2.45) is 12.0 Å². The molecule has 0 unspecified atom stereocenters. The lowest BCUT2D eigenvalue weighted by molar-refractivity contribution is 0.103. The number of rotatable bonds is 3. The third kappa shape index (κ3) is 3.38. The summed E-state index contributed by atoms with van der Waals surface area (Å²) in [6.07, 6.45) is 0. The molecule has 21 heavy (non-hydrogen) atoms. The molecule has 6 nitrogen and oxygen atoms in total. The Bertz CT molecular complexity index is 775. The number of nitrogens with zero attached hydrogens (tertiary/aromatic N) is 2. The number of ether oxygens (including phenoxy) is 1. The first-order valence-electron chi connectivity index (χ1n) is 6.14. The topological polar surface area (TPSA) is 72.7 Å². The van der Waals surface area contributed by atoms with E-state index in [1.807, 2.05) is 0 Å². The maximum absolute atomic E-state index is 12.2. The lowest BCUT2D eigenvalue weighted by Crippen LogP contribution is -2.30. The number of nitrogens with one attached hydrogen (secondary N) is 1. The Labute approximate surface area is 125 Å². The van der Waals surface area contributed by atoms with Crippen LogP contribution in [0.4, 0.5) is 5.69 Å². The van der Waals surface area contributed by atoms with Crippen LogP contribution in [0.3, 0.4) is 0 Å². The summed E-state index contributed by atoms with van der Waals surface area (Å²) in [5, 5.41) is 2.73. The molecule has 0 saturated carbocycles. The highest BCUT2D eigenvalue weighted by molar-refractivity contribution is 7.11. The Morgan fingerprint density at radius 2 is 2.00 bits per heavy atom. The van der Waals surface area contributed by atoms with Gasteiger partial charge in [-0.2, -0.15) is 0 Å². The molecule has 1 N–H and O–H groups in total. The van der Waals surface area contributed by atoms with Crippen LogP contribution < -0.4 is 20.4 Å². The molecule has 0 saturated heterocycles. The Kier molecular flexibility index (Phi) is 4.54. The SMILES string of the molecule is CN=c1sc(C(=O)Nc2ccc(OC)cc2)cc(=O)n1C. The third-order valence-corrected chi connectivity index (χ3v) is 4.00. The van der Waals surface area contributed by atoms with Crippen molar-refractivity contribution < 1.29 is 9.53 Å². The fourth-order valence-corrected chi connectivity index (χ4v) is 2.49. The summed E-state index contributed by atoms with van der Waals surface area (Å²) in [6.45, 7) is 0. The largest absolute Gasteiger partial charge is 0.497 e. The molecule has 0 radical (unpaired) electrons. The van der Waals surface area contributed by atoms with E-state index in [0.717, 1.165) is 11.3 Å². The molecule has 1 aromatic carbocycles. The molecule has 0 aliphatic carbocycles. The van der Waals surface area contributed by atoms with Crippen LogP contribution in [-0.4, -0.2) is 24.6 Å². The van der Waals surface area contributed by atoms with Gasteiger partial charge in [-0.05, 0) is 24.3 Å². The zero-order valence-electron chi connectivity index (χ0n) is 11.9. The van der Waals surface area contributed by atoms with Gasteiger partial charge in [0, 0.05) is 25.8 Å². The second-order valence-corrected chi connectivity index (χ2v) is 5.21. The van der Waals surface area contributed by atoms with Crippen molar-refractivity contribution in [3.8, 4) is 5.75 Å². The van der Waals surface area contributed by atoms with E-state index in [0.29, 0.717) is 21.1 Å². The number of hydrogen-bond acceptors (Lipinski definition) is 5. The average Bonchev–Trinajstić information content (AvgIpc) is 2.50. The van der Waals surface area contributed by atoms with Gasteiger partial charge in [0.15, 0.2) is 4.80 Å². The van der Waals surface area contributed by atoms with E-state index in [4.69, 9.17) is 4.74 Å². The van der Waals surface area contributed by atoms with E-state index in [1.165, 1.54) is 10.6 Å². The Morgan fingerprint density at radius 3 is 2.57 bits per heavy atom. The summed E-state index contributed by atoms with van der Waals surface area (Å²) in [5.74, 6) is 0.365. The van der Waals surface area contributed by atoms with Crippen molar-refractivity contribution in [3.05, 3.63) is 50.4 Å². The van der Waals surface area contributed by atoms with Crippen LogP contribution in [0.25, 0.3) is 0 Å². The summed E-state index contributed by atoms with van der Waals surface area (Å²) in [7, 11) is 4.77. The Balaban J connectivity index is 2.28. The molecule has 0 aliphatic rings. The minimum atomic E-state index is -0.340. The molecule has 7 heteroatoms. The molecule has 1 aromatic heterocycles. The molecule has 110 valence electrons. The predicted molar refractivity (Wildman–Crippen MR) is 82.0 cm³/mol. The van der Waals surface area contributed by atoms with Crippen molar-refractivity contribution in [2.75, 3.05) is 19.5 Å². The molecule has 1 heterocycles. The van der Waals surface area contributed by atoms with Gasteiger partial charge in [0.1, 0.15) is 10.6 Å². The third-order valence-electron chi connectivity index (χ3n) is 2.84. The summed E-state index contributed by atoms with van der Waals surface area (Å²) in [5.41, 5.74) is 0.359. The van der Waals surface area contributed by atoms with E-state index in [-0.39, 0.29) is 11.5 Å². The first-order valence-corrected chi connectivity index (χ1v) is 6.96. The summed E-state index contributed by atoms with van der Waals surface area (Å²) in [6, 6.07) is 8.26. The Morgan fingerprint density at radius 1 is 1.33 bits per heavy atom. The van der Waals surface area contributed by atoms with Crippen LogP contribution >= 0.6 is 11.3 Å². The van der Waals surface area contributed by atoms with Gasteiger partial charge in [-0.25, -0.2) is 0 Å². The van der Waals surface area contributed by atoms with E-state index < -0.39 is 0 Å². The van der Waals surface area contributed by atoms with Crippen LogP contribution in [0.15, 0.2) is 40.1 Å².